The Balaban J connectivity index is 0.00000243. The first-order valence-electron chi connectivity index (χ1n) is 8.39. The SMILES string of the molecule is CSc1ccc(OC(C)C(=O)N2CCNCC2c2nccn2C)cc1.Cl. The Labute approximate surface area is 164 Å². The van der Waals surface area contributed by atoms with Crippen molar-refractivity contribution in [2.24, 2.45) is 7.05 Å². The largest absolute Gasteiger partial charge is 0.481 e. The van der Waals surface area contributed by atoms with Crippen molar-refractivity contribution in [2.45, 2.75) is 24.0 Å². The molecule has 1 aliphatic heterocycles. The molecule has 3 rings (SSSR count). The Morgan fingerprint density at radius 3 is 2.73 bits per heavy atom. The first kappa shape index (κ1) is 20.6. The second-order valence-corrected chi connectivity index (χ2v) is 6.96. The number of benzene rings is 1. The van der Waals surface area contributed by atoms with Crippen LogP contribution in [0.25, 0.3) is 0 Å². The van der Waals surface area contributed by atoms with Crippen LogP contribution in [0.1, 0.15) is 18.8 Å². The molecule has 1 aliphatic rings. The van der Waals surface area contributed by atoms with Gasteiger partial charge in [-0.3, -0.25) is 4.79 Å². The summed E-state index contributed by atoms with van der Waals surface area (Å²) in [5.41, 5.74) is 0. The summed E-state index contributed by atoms with van der Waals surface area (Å²) < 4.78 is 7.84. The fourth-order valence-corrected chi connectivity index (χ4v) is 3.45. The average Bonchev–Trinajstić information content (AvgIpc) is 3.07. The highest BCUT2D eigenvalue weighted by Gasteiger charge is 2.33. The molecule has 1 aromatic heterocycles. The lowest BCUT2D eigenvalue weighted by molar-refractivity contribution is -0.141. The third-order valence-electron chi connectivity index (χ3n) is 4.40. The topological polar surface area (TPSA) is 59.4 Å². The highest BCUT2D eigenvalue weighted by molar-refractivity contribution is 7.98. The van der Waals surface area contributed by atoms with Gasteiger partial charge in [0.1, 0.15) is 17.6 Å². The number of nitrogens with zero attached hydrogens (tertiary/aromatic N) is 3. The third-order valence-corrected chi connectivity index (χ3v) is 5.15. The summed E-state index contributed by atoms with van der Waals surface area (Å²) >= 11 is 1.68. The van der Waals surface area contributed by atoms with Gasteiger partial charge in [-0.15, -0.1) is 24.2 Å². The van der Waals surface area contributed by atoms with E-state index in [0.717, 1.165) is 12.4 Å². The number of thioether (sulfide) groups is 1. The molecule has 0 saturated carbocycles. The number of amides is 1. The van der Waals surface area contributed by atoms with Crippen LogP contribution < -0.4 is 10.1 Å². The number of nitrogens with one attached hydrogen (secondary N) is 1. The van der Waals surface area contributed by atoms with Crippen molar-refractivity contribution in [1.82, 2.24) is 19.8 Å². The van der Waals surface area contributed by atoms with Crippen molar-refractivity contribution in [3.05, 3.63) is 42.5 Å². The summed E-state index contributed by atoms with van der Waals surface area (Å²) in [7, 11) is 1.95. The second-order valence-electron chi connectivity index (χ2n) is 6.08. The fourth-order valence-electron chi connectivity index (χ4n) is 3.04. The molecular weight excluding hydrogens is 372 g/mol. The molecular formula is C18H25ClN4O2S. The normalized spacial score (nSPS) is 18.1. The number of aromatic nitrogens is 2. The van der Waals surface area contributed by atoms with Gasteiger partial charge in [0.2, 0.25) is 0 Å². The zero-order chi connectivity index (χ0) is 17.8. The summed E-state index contributed by atoms with van der Waals surface area (Å²) in [6.45, 7) is 3.94. The highest BCUT2D eigenvalue weighted by atomic mass is 35.5. The first-order chi connectivity index (χ1) is 12.1. The minimum atomic E-state index is -0.541. The predicted octanol–water partition coefficient (Wildman–Crippen LogP) is 2.50. The number of carbonyl (C=O) groups is 1. The number of halogens is 1. The Kier molecular flexibility index (Phi) is 7.37. The molecule has 26 heavy (non-hydrogen) atoms. The maximum Gasteiger partial charge on any atom is 0.264 e. The molecule has 8 heteroatoms. The van der Waals surface area contributed by atoms with Gasteiger partial charge < -0.3 is 19.5 Å². The van der Waals surface area contributed by atoms with Crippen molar-refractivity contribution in [1.29, 1.82) is 0 Å². The van der Waals surface area contributed by atoms with Crippen LogP contribution >= 0.6 is 24.2 Å². The molecule has 142 valence electrons. The van der Waals surface area contributed by atoms with Crippen LogP contribution in [-0.4, -0.2) is 52.4 Å². The highest BCUT2D eigenvalue weighted by Crippen LogP contribution is 2.24. The maximum atomic E-state index is 13.0. The summed E-state index contributed by atoms with van der Waals surface area (Å²) in [5.74, 6) is 1.59. The van der Waals surface area contributed by atoms with Crippen LogP contribution in [0, 0.1) is 0 Å². The number of hydrogen-bond donors (Lipinski definition) is 1. The van der Waals surface area contributed by atoms with E-state index in [4.69, 9.17) is 4.74 Å². The van der Waals surface area contributed by atoms with E-state index in [0.29, 0.717) is 18.8 Å². The molecule has 0 radical (unpaired) electrons. The van der Waals surface area contributed by atoms with Crippen LogP contribution in [0.3, 0.4) is 0 Å². The Morgan fingerprint density at radius 2 is 2.12 bits per heavy atom. The molecule has 1 aromatic carbocycles. The minimum absolute atomic E-state index is 0. The minimum Gasteiger partial charge on any atom is -0.481 e. The molecule has 1 amide bonds. The van der Waals surface area contributed by atoms with Crippen molar-refractivity contribution in [3.63, 3.8) is 0 Å². The lowest BCUT2D eigenvalue weighted by atomic mass is 10.1. The number of piperazine rings is 1. The van der Waals surface area contributed by atoms with Crippen molar-refractivity contribution in [3.8, 4) is 5.75 Å². The number of aryl methyl sites for hydroxylation is 1. The van der Waals surface area contributed by atoms with Crippen molar-refractivity contribution < 1.29 is 9.53 Å². The van der Waals surface area contributed by atoms with Gasteiger partial charge in [0.05, 0.1) is 0 Å². The number of imidazole rings is 1. The molecule has 6 nitrogen and oxygen atoms in total. The second kappa shape index (κ2) is 9.30. The van der Waals surface area contributed by atoms with Gasteiger partial charge in [-0.25, -0.2) is 4.98 Å². The molecule has 2 aromatic rings. The van der Waals surface area contributed by atoms with Crippen LogP contribution in [0.4, 0.5) is 0 Å². The Morgan fingerprint density at radius 1 is 1.38 bits per heavy atom. The van der Waals surface area contributed by atoms with E-state index in [1.54, 1.807) is 18.0 Å². The molecule has 1 fully saturated rings. The van der Waals surface area contributed by atoms with Crippen molar-refractivity contribution in [2.75, 3.05) is 25.9 Å². The van der Waals surface area contributed by atoms with E-state index in [9.17, 15) is 4.79 Å². The lowest BCUT2D eigenvalue weighted by Crippen LogP contribution is -2.52. The average molecular weight is 397 g/mol. The molecule has 1 N–H and O–H groups in total. The molecule has 0 spiro atoms. The molecule has 1 saturated heterocycles. The Bertz CT molecular complexity index is 722. The first-order valence-corrected chi connectivity index (χ1v) is 9.61. The number of rotatable bonds is 5. The third kappa shape index (κ3) is 4.52. The van der Waals surface area contributed by atoms with Crippen LogP contribution in [0.15, 0.2) is 41.6 Å². The molecule has 0 aliphatic carbocycles. The summed E-state index contributed by atoms with van der Waals surface area (Å²) in [6.07, 6.45) is 5.16. The summed E-state index contributed by atoms with van der Waals surface area (Å²) in [4.78, 5) is 20.4. The van der Waals surface area contributed by atoms with Gasteiger partial charge in [0.15, 0.2) is 6.10 Å². The monoisotopic (exact) mass is 396 g/mol. The summed E-state index contributed by atoms with van der Waals surface area (Å²) in [6, 6.07) is 7.73. The van der Waals surface area contributed by atoms with Gasteiger partial charge >= 0.3 is 0 Å². The fraction of sp³-hybridized carbons (Fsp3) is 0.444. The maximum absolute atomic E-state index is 13.0. The van der Waals surface area contributed by atoms with E-state index < -0.39 is 6.10 Å². The number of hydrogen-bond acceptors (Lipinski definition) is 5. The van der Waals surface area contributed by atoms with Gasteiger partial charge in [-0.05, 0) is 37.4 Å². The van der Waals surface area contributed by atoms with Crippen LogP contribution in [-0.2, 0) is 11.8 Å². The lowest BCUT2D eigenvalue weighted by Gasteiger charge is -2.37. The molecule has 2 heterocycles. The molecule has 2 unspecified atom stereocenters. The van der Waals surface area contributed by atoms with Gasteiger partial charge in [0, 0.05) is 44.0 Å². The van der Waals surface area contributed by atoms with E-state index in [1.807, 2.05) is 60.2 Å². The van der Waals surface area contributed by atoms with E-state index >= 15 is 0 Å². The smallest absolute Gasteiger partial charge is 0.264 e. The van der Waals surface area contributed by atoms with Crippen molar-refractivity contribution >= 4 is 30.1 Å². The standard InChI is InChI=1S/C18H24N4O2S.ClH/c1-13(24-14-4-6-15(25-3)7-5-14)18(23)22-11-8-19-12-16(22)17-20-9-10-21(17)2;/h4-7,9-10,13,16,19H,8,11-12H2,1-3H3;1H. The van der Waals surface area contributed by atoms with Gasteiger partial charge in [-0.1, -0.05) is 0 Å². The Hall–Kier alpha value is -1.70. The zero-order valence-electron chi connectivity index (χ0n) is 15.2. The van der Waals surface area contributed by atoms with Gasteiger partial charge in [0.25, 0.3) is 5.91 Å². The quantitative estimate of drug-likeness (QED) is 0.787. The van der Waals surface area contributed by atoms with E-state index in [1.165, 1.54) is 4.90 Å². The molecule has 0 bridgehead atoms. The summed E-state index contributed by atoms with van der Waals surface area (Å²) in [5, 5.41) is 3.35. The van der Waals surface area contributed by atoms with Crippen LogP contribution in [0.5, 0.6) is 5.75 Å². The number of carbonyl (C=O) groups excluding carboxylic acids is 1. The van der Waals surface area contributed by atoms with E-state index in [2.05, 4.69) is 10.3 Å². The number of ether oxygens (including phenoxy) is 1. The van der Waals surface area contributed by atoms with Gasteiger partial charge in [-0.2, -0.15) is 0 Å². The molecule has 2 atom stereocenters. The zero-order valence-corrected chi connectivity index (χ0v) is 16.8. The van der Waals surface area contributed by atoms with Crippen LogP contribution in [0.2, 0.25) is 0 Å². The van der Waals surface area contributed by atoms with E-state index in [-0.39, 0.29) is 24.4 Å². The predicted molar refractivity (Wildman–Crippen MR) is 106 cm³/mol.